The maximum absolute atomic E-state index is 5.92. The van der Waals surface area contributed by atoms with E-state index in [9.17, 15) is 0 Å². The Morgan fingerprint density at radius 3 is 2.87 bits per heavy atom. The summed E-state index contributed by atoms with van der Waals surface area (Å²) in [6, 6.07) is 0.326. The lowest BCUT2D eigenvalue weighted by Gasteiger charge is -2.34. The summed E-state index contributed by atoms with van der Waals surface area (Å²) in [5, 5.41) is 0.563. The fourth-order valence-corrected chi connectivity index (χ4v) is 3.06. The van der Waals surface area contributed by atoms with Gasteiger partial charge in [0.25, 0.3) is 0 Å². The van der Waals surface area contributed by atoms with E-state index in [0.717, 1.165) is 24.0 Å². The molecule has 1 aliphatic heterocycles. The van der Waals surface area contributed by atoms with E-state index in [4.69, 9.17) is 23.2 Å². The molecule has 1 aromatic rings. The van der Waals surface area contributed by atoms with Crippen LogP contribution in [0.5, 0.6) is 0 Å². The second kappa shape index (κ2) is 5.23. The molecule has 1 aliphatic rings. The third-order valence-electron chi connectivity index (χ3n) is 2.27. The molecule has 1 atom stereocenters. The second-order valence-corrected chi connectivity index (χ2v) is 5.17. The molecular formula is C9H11Cl2N3S. The Kier molecular flexibility index (Phi) is 3.94. The number of alkyl halides is 1. The molecule has 2 rings (SSSR count). The summed E-state index contributed by atoms with van der Waals surface area (Å²) in [5.41, 5.74) is 0. The van der Waals surface area contributed by atoms with Crippen LogP contribution in [0.15, 0.2) is 12.4 Å². The van der Waals surface area contributed by atoms with Crippen LogP contribution >= 0.6 is 35.0 Å². The first kappa shape index (κ1) is 11.3. The number of nitrogens with zero attached hydrogens (tertiary/aromatic N) is 3. The molecule has 3 nitrogen and oxygen atoms in total. The molecule has 1 aromatic heterocycles. The van der Waals surface area contributed by atoms with Crippen LogP contribution in [0, 0.1) is 0 Å². The molecule has 0 spiro atoms. The quantitative estimate of drug-likeness (QED) is 0.766. The first-order chi connectivity index (χ1) is 7.31. The van der Waals surface area contributed by atoms with E-state index < -0.39 is 0 Å². The van der Waals surface area contributed by atoms with Crippen molar-refractivity contribution in [2.75, 3.05) is 28.8 Å². The predicted octanol–water partition coefficient (Wildman–Crippen LogP) is 2.29. The smallest absolute Gasteiger partial charge is 0.225 e. The molecule has 0 bridgehead atoms. The van der Waals surface area contributed by atoms with Crippen LogP contribution in [0.1, 0.15) is 0 Å². The van der Waals surface area contributed by atoms with E-state index in [0.29, 0.717) is 16.9 Å². The van der Waals surface area contributed by atoms with E-state index in [1.165, 1.54) is 0 Å². The van der Waals surface area contributed by atoms with Gasteiger partial charge in [-0.15, -0.1) is 11.6 Å². The lowest BCUT2D eigenvalue weighted by atomic mass is 10.3. The topological polar surface area (TPSA) is 29.0 Å². The van der Waals surface area contributed by atoms with Crippen molar-refractivity contribution in [3.63, 3.8) is 0 Å². The highest BCUT2D eigenvalue weighted by Crippen LogP contribution is 2.22. The molecule has 0 amide bonds. The summed E-state index contributed by atoms with van der Waals surface area (Å²) >= 11 is 13.6. The van der Waals surface area contributed by atoms with Gasteiger partial charge in [0.15, 0.2) is 0 Å². The van der Waals surface area contributed by atoms with Crippen LogP contribution < -0.4 is 4.90 Å². The third kappa shape index (κ3) is 2.68. The predicted molar refractivity (Wildman–Crippen MR) is 66.2 cm³/mol. The number of hydrogen-bond acceptors (Lipinski definition) is 4. The Balaban J connectivity index is 2.16. The van der Waals surface area contributed by atoms with Crippen LogP contribution in [0.2, 0.25) is 5.02 Å². The molecule has 1 saturated heterocycles. The fraction of sp³-hybridized carbons (Fsp3) is 0.556. The average Bonchev–Trinajstić information content (AvgIpc) is 2.30. The first-order valence-corrected chi connectivity index (χ1v) is 6.76. The number of thioether (sulfide) groups is 1. The molecule has 0 aliphatic carbocycles. The monoisotopic (exact) mass is 263 g/mol. The fourth-order valence-electron chi connectivity index (χ4n) is 1.50. The Labute approximate surface area is 103 Å². The molecule has 0 saturated carbocycles. The van der Waals surface area contributed by atoms with E-state index in [1.807, 2.05) is 11.8 Å². The highest BCUT2D eigenvalue weighted by atomic mass is 35.5. The summed E-state index contributed by atoms with van der Waals surface area (Å²) in [4.78, 5) is 10.6. The highest BCUT2D eigenvalue weighted by Gasteiger charge is 2.23. The van der Waals surface area contributed by atoms with Crippen LogP contribution in [-0.2, 0) is 0 Å². The maximum Gasteiger partial charge on any atom is 0.225 e. The largest absolute Gasteiger partial charge is 0.335 e. The number of hydrogen-bond donors (Lipinski definition) is 0. The normalized spacial score (nSPS) is 21.7. The molecule has 2 heterocycles. The molecule has 1 fully saturated rings. The van der Waals surface area contributed by atoms with Crippen molar-refractivity contribution in [3.8, 4) is 0 Å². The molecular weight excluding hydrogens is 253 g/mol. The molecule has 15 heavy (non-hydrogen) atoms. The standard InChI is InChI=1S/C9H11Cl2N3S/c10-3-8-6-15-2-1-14(8)9-12-4-7(11)5-13-9/h4-5,8H,1-3,6H2. The van der Waals surface area contributed by atoms with Crippen LogP contribution in [0.25, 0.3) is 0 Å². The minimum Gasteiger partial charge on any atom is -0.335 e. The van der Waals surface area contributed by atoms with Crippen molar-refractivity contribution in [3.05, 3.63) is 17.4 Å². The zero-order valence-corrected chi connectivity index (χ0v) is 10.4. The van der Waals surface area contributed by atoms with E-state index in [-0.39, 0.29) is 0 Å². The summed E-state index contributed by atoms with van der Waals surface area (Å²) in [6.45, 7) is 0.948. The second-order valence-electron chi connectivity index (χ2n) is 3.28. The molecule has 0 aromatic carbocycles. The lowest BCUT2D eigenvalue weighted by molar-refractivity contribution is 0.682. The van der Waals surface area contributed by atoms with Gasteiger partial charge in [-0.1, -0.05) is 11.6 Å². The molecule has 0 radical (unpaired) electrons. The van der Waals surface area contributed by atoms with E-state index >= 15 is 0 Å². The van der Waals surface area contributed by atoms with E-state index in [1.54, 1.807) is 12.4 Å². The van der Waals surface area contributed by atoms with Gasteiger partial charge in [0, 0.05) is 23.9 Å². The highest BCUT2D eigenvalue weighted by molar-refractivity contribution is 7.99. The van der Waals surface area contributed by atoms with Crippen molar-refractivity contribution in [2.45, 2.75) is 6.04 Å². The minimum absolute atomic E-state index is 0.326. The third-order valence-corrected chi connectivity index (χ3v) is 3.91. The van der Waals surface area contributed by atoms with Gasteiger partial charge in [-0.2, -0.15) is 11.8 Å². The number of anilines is 1. The van der Waals surface area contributed by atoms with Crippen molar-refractivity contribution in [1.82, 2.24) is 9.97 Å². The van der Waals surface area contributed by atoms with Gasteiger partial charge in [-0.25, -0.2) is 9.97 Å². The molecule has 0 N–H and O–H groups in total. The van der Waals surface area contributed by atoms with Gasteiger partial charge in [0.05, 0.1) is 23.5 Å². The Morgan fingerprint density at radius 1 is 1.47 bits per heavy atom. The number of aromatic nitrogens is 2. The van der Waals surface area contributed by atoms with Crippen molar-refractivity contribution in [2.24, 2.45) is 0 Å². The Bertz CT molecular complexity index is 320. The van der Waals surface area contributed by atoms with E-state index in [2.05, 4.69) is 14.9 Å². The van der Waals surface area contributed by atoms with Crippen LogP contribution in [0.3, 0.4) is 0 Å². The summed E-state index contributed by atoms with van der Waals surface area (Å²) in [7, 11) is 0. The SMILES string of the molecule is ClCC1CSCCN1c1ncc(Cl)cn1. The maximum atomic E-state index is 5.92. The van der Waals surface area contributed by atoms with Crippen LogP contribution in [-0.4, -0.2) is 39.9 Å². The van der Waals surface area contributed by atoms with Gasteiger partial charge in [0.2, 0.25) is 5.95 Å². The molecule has 82 valence electrons. The lowest BCUT2D eigenvalue weighted by Crippen LogP contribution is -2.44. The summed E-state index contributed by atoms with van der Waals surface area (Å²) in [6.07, 6.45) is 3.24. The Morgan fingerprint density at radius 2 is 2.20 bits per heavy atom. The molecule has 6 heteroatoms. The van der Waals surface area contributed by atoms with Gasteiger partial charge < -0.3 is 4.90 Å². The number of rotatable bonds is 2. The van der Waals surface area contributed by atoms with Crippen molar-refractivity contribution >= 4 is 40.9 Å². The minimum atomic E-state index is 0.326. The van der Waals surface area contributed by atoms with Gasteiger partial charge in [-0.05, 0) is 0 Å². The first-order valence-electron chi connectivity index (χ1n) is 4.69. The zero-order valence-electron chi connectivity index (χ0n) is 8.07. The summed E-state index contributed by atoms with van der Waals surface area (Å²) in [5.74, 6) is 3.47. The van der Waals surface area contributed by atoms with Gasteiger partial charge in [-0.3, -0.25) is 0 Å². The molecule has 1 unspecified atom stereocenters. The Hall–Kier alpha value is -0.190. The van der Waals surface area contributed by atoms with Crippen molar-refractivity contribution < 1.29 is 0 Å². The average molecular weight is 264 g/mol. The van der Waals surface area contributed by atoms with Crippen molar-refractivity contribution in [1.29, 1.82) is 0 Å². The summed E-state index contributed by atoms with van der Waals surface area (Å²) < 4.78 is 0. The number of halogens is 2. The van der Waals surface area contributed by atoms with Gasteiger partial charge >= 0.3 is 0 Å². The van der Waals surface area contributed by atoms with Gasteiger partial charge in [0.1, 0.15) is 0 Å². The zero-order chi connectivity index (χ0) is 10.7. The van der Waals surface area contributed by atoms with Crippen LogP contribution in [0.4, 0.5) is 5.95 Å².